The summed E-state index contributed by atoms with van der Waals surface area (Å²) in [7, 11) is 0. The molecule has 0 heterocycles. The number of halogens is 3. The van der Waals surface area contributed by atoms with Gasteiger partial charge in [0.05, 0.1) is 0 Å². The minimum atomic E-state index is -5.04. The van der Waals surface area contributed by atoms with Gasteiger partial charge < -0.3 is 0 Å². The molecule has 0 saturated carbocycles. The van der Waals surface area contributed by atoms with Gasteiger partial charge >= 0.3 is 31.5 Å². The third-order valence-electron chi connectivity index (χ3n) is 3.30. The number of fused-ring (bicyclic) bond motifs is 1. The topological polar surface area (TPSA) is 0 Å². The number of aryl methyl sites for hydroxylation is 1. The predicted molar refractivity (Wildman–Crippen MR) is 77.7 cm³/mol. The van der Waals surface area contributed by atoms with Gasteiger partial charge in [0, 0.05) is 0 Å². The van der Waals surface area contributed by atoms with Crippen molar-refractivity contribution in [3.63, 3.8) is 0 Å². The van der Waals surface area contributed by atoms with Gasteiger partial charge in [-0.15, -0.1) is 34.5 Å². The summed E-state index contributed by atoms with van der Waals surface area (Å²) in [5.41, 5.74) is 4.05. The van der Waals surface area contributed by atoms with Crippen LogP contribution in [0.4, 0.5) is 7.88 Å². The molecule has 21 heavy (non-hydrogen) atoms. The standard InChI is InChI=1S/C17H15.3FH.Zr/c1-2-13-11-15-9-6-10-16(17(15)12-13)14-7-4-3-5-8-14;;;;/h3-12H,2H2,1H3;3*1H;/q-1;;;;+3/p-3. The van der Waals surface area contributed by atoms with Gasteiger partial charge in [0.2, 0.25) is 0 Å². The van der Waals surface area contributed by atoms with Crippen LogP contribution in [0.1, 0.15) is 12.5 Å². The van der Waals surface area contributed by atoms with Crippen molar-refractivity contribution in [1.29, 1.82) is 0 Å². The van der Waals surface area contributed by atoms with E-state index in [1.807, 2.05) is 0 Å². The molecule has 4 heteroatoms. The van der Waals surface area contributed by atoms with Crippen LogP contribution in [0.15, 0.2) is 60.7 Å². The monoisotopic (exact) mass is 366 g/mol. The maximum absolute atomic E-state index is 9.86. The first kappa shape index (κ1) is 16.1. The molecule has 0 radical (unpaired) electrons. The fraction of sp³-hybridized carbons (Fsp3) is 0.118. The molecule has 3 aromatic carbocycles. The van der Waals surface area contributed by atoms with Crippen molar-refractivity contribution in [2.75, 3.05) is 0 Å². The fourth-order valence-corrected chi connectivity index (χ4v) is 2.37. The van der Waals surface area contributed by atoms with E-state index in [4.69, 9.17) is 0 Å². The second-order valence-electron chi connectivity index (χ2n) is 4.61. The zero-order valence-electron chi connectivity index (χ0n) is 11.6. The molecule has 0 N–H and O–H groups in total. The summed E-state index contributed by atoms with van der Waals surface area (Å²) in [6, 6.07) is 21.8. The molecule has 0 aromatic heterocycles. The molecular weight excluding hydrogens is 352 g/mol. The Hall–Kier alpha value is -1.28. The van der Waals surface area contributed by atoms with Crippen molar-refractivity contribution < 1.29 is 31.5 Å². The second kappa shape index (κ2) is 7.65. The Bertz CT molecular complexity index is 687. The molecule has 0 unspecified atom stereocenters. The van der Waals surface area contributed by atoms with Crippen LogP contribution in [0, 0.1) is 0 Å². The normalized spacial score (nSPS) is 10.1. The summed E-state index contributed by atoms with van der Waals surface area (Å²) in [6.07, 6.45) is 1.10. The van der Waals surface area contributed by atoms with E-state index in [1.165, 1.54) is 27.5 Å². The zero-order valence-corrected chi connectivity index (χ0v) is 14.1. The van der Waals surface area contributed by atoms with Crippen LogP contribution in [0.5, 0.6) is 0 Å². The second-order valence-corrected chi connectivity index (χ2v) is 5.66. The summed E-state index contributed by atoms with van der Waals surface area (Å²) in [4.78, 5) is 0. The molecule has 0 saturated heterocycles. The summed E-state index contributed by atoms with van der Waals surface area (Å²) < 4.78 is 29.6. The van der Waals surface area contributed by atoms with Gasteiger partial charge in [-0.2, -0.15) is 6.07 Å². The predicted octanol–water partition coefficient (Wildman–Crippen LogP) is 6.05. The number of hydrogen-bond acceptors (Lipinski definition) is 0. The maximum atomic E-state index is 9.86. The molecule has 0 aliphatic rings. The molecule has 0 nitrogen and oxygen atoms in total. The minimum absolute atomic E-state index is 1.10. The van der Waals surface area contributed by atoms with E-state index in [0.29, 0.717) is 0 Å². The van der Waals surface area contributed by atoms with Gasteiger partial charge in [-0.3, -0.25) is 0 Å². The van der Waals surface area contributed by atoms with Gasteiger partial charge in [-0.1, -0.05) is 48.9 Å². The van der Waals surface area contributed by atoms with Gasteiger partial charge in [0.15, 0.2) is 0 Å². The molecule has 0 fully saturated rings. The Morgan fingerprint density at radius 2 is 1.62 bits per heavy atom. The zero-order chi connectivity index (χ0) is 15.2. The Morgan fingerprint density at radius 1 is 0.952 bits per heavy atom. The van der Waals surface area contributed by atoms with Crippen LogP contribution in [0.25, 0.3) is 21.9 Å². The van der Waals surface area contributed by atoms with E-state index < -0.39 is 23.6 Å². The Morgan fingerprint density at radius 3 is 2.24 bits per heavy atom. The van der Waals surface area contributed by atoms with Gasteiger partial charge in [-0.05, 0) is 12.0 Å². The molecule has 3 rings (SSSR count). The van der Waals surface area contributed by atoms with Crippen molar-refractivity contribution in [3.8, 4) is 11.1 Å². The van der Waals surface area contributed by atoms with Crippen LogP contribution >= 0.6 is 0 Å². The van der Waals surface area contributed by atoms with E-state index in [1.54, 1.807) is 0 Å². The van der Waals surface area contributed by atoms with E-state index in [0.717, 1.165) is 6.42 Å². The van der Waals surface area contributed by atoms with Crippen molar-refractivity contribution in [2.45, 2.75) is 13.3 Å². The first-order chi connectivity index (χ1) is 10.1. The van der Waals surface area contributed by atoms with Crippen molar-refractivity contribution in [2.24, 2.45) is 0 Å². The first-order valence-electron chi connectivity index (χ1n) is 6.69. The van der Waals surface area contributed by atoms with Crippen LogP contribution in [0.3, 0.4) is 0 Å². The quantitative estimate of drug-likeness (QED) is 0.484. The summed E-state index contributed by atoms with van der Waals surface area (Å²) in [5, 5.41) is 2.72. The molecule has 0 amide bonds. The summed E-state index contributed by atoms with van der Waals surface area (Å²) in [5.74, 6) is 0. The summed E-state index contributed by atoms with van der Waals surface area (Å²) >= 11 is -5.04. The van der Waals surface area contributed by atoms with Crippen LogP contribution in [-0.2, 0) is 30.0 Å². The Balaban J connectivity index is 0.000000361. The Kier molecular flexibility index (Phi) is 5.87. The third-order valence-corrected chi connectivity index (χ3v) is 3.30. The van der Waals surface area contributed by atoms with Crippen LogP contribution in [0.2, 0.25) is 0 Å². The van der Waals surface area contributed by atoms with E-state index in [2.05, 4.69) is 67.6 Å². The Labute approximate surface area is 132 Å². The van der Waals surface area contributed by atoms with E-state index >= 15 is 0 Å². The first-order valence-corrected chi connectivity index (χ1v) is 9.47. The molecule has 0 bridgehead atoms. The SMILES string of the molecule is CCc1cc2c(-c3ccccc3)cccc2[cH-]1.[F][Zr]([F])[F]. The van der Waals surface area contributed by atoms with Crippen molar-refractivity contribution in [1.82, 2.24) is 0 Å². The molecule has 0 atom stereocenters. The number of benzene rings is 2. The molecular formula is C17H15F3Zr-. The fourth-order valence-electron chi connectivity index (χ4n) is 2.37. The molecule has 0 spiro atoms. The molecule has 0 aliphatic heterocycles. The molecule has 3 aromatic rings. The molecule has 109 valence electrons. The van der Waals surface area contributed by atoms with E-state index in [9.17, 15) is 7.88 Å². The molecule has 0 aliphatic carbocycles. The van der Waals surface area contributed by atoms with Crippen molar-refractivity contribution >= 4 is 10.8 Å². The summed E-state index contributed by atoms with van der Waals surface area (Å²) in [6.45, 7) is 2.20. The number of hydrogen-bond donors (Lipinski definition) is 0. The van der Waals surface area contributed by atoms with Crippen LogP contribution < -0.4 is 0 Å². The van der Waals surface area contributed by atoms with Gasteiger partial charge in [0.25, 0.3) is 0 Å². The number of rotatable bonds is 2. The van der Waals surface area contributed by atoms with Crippen LogP contribution in [-0.4, -0.2) is 0 Å². The average molecular weight is 368 g/mol. The van der Waals surface area contributed by atoms with Crippen molar-refractivity contribution in [3.05, 3.63) is 66.2 Å². The van der Waals surface area contributed by atoms with Gasteiger partial charge in [-0.25, -0.2) is 0 Å². The average Bonchev–Trinajstić information content (AvgIpc) is 2.90. The third kappa shape index (κ3) is 4.34. The van der Waals surface area contributed by atoms with Gasteiger partial charge in [0.1, 0.15) is 0 Å². The van der Waals surface area contributed by atoms with E-state index in [-0.39, 0.29) is 0 Å².